The van der Waals surface area contributed by atoms with Crippen LogP contribution in [0.15, 0.2) is 20.5 Å². The maximum atomic E-state index is 12.1. The molecule has 10 nitrogen and oxygen atoms in total. The van der Waals surface area contributed by atoms with E-state index < -0.39 is 17.5 Å². The number of carbonyl (C=O) groups excluding carboxylic acids is 2. The minimum atomic E-state index is -1.43. The first-order chi connectivity index (χ1) is 9.01. The number of nitrogens with one attached hydrogen (secondary N) is 2. The van der Waals surface area contributed by atoms with Gasteiger partial charge in [-0.3, -0.25) is 15.6 Å². The predicted octanol–water partition coefficient (Wildman–Crippen LogP) is 1.73. The molecule has 0 aromatic rings. The van der Waals surface area contributed by atoms with Crippen molar-refractivity contribution in [2.75, 3.05) is 13.1 Å². The molecule has 1 heterocycles. The van der Waals surface area contributed by atoms with Crippen LogP contribution in [0, 0.1) is 10.8 Å². The van der Waals surface area contributed by atoms with Crippen molar-refractivity contribution in [2.45, 2.75) is 5.54 Å². The van der Waals surface area contributed by atoms with E-state index in [1.807, 2.05) is 0 Å². The Morgan fingerprint density at radius 1 is 1.11 bits per heavy atom. The third-order valence-corrected chi connectivity index (χ3v) is 3.84. The molecule has 1 saturated heterocycles. The lowest BCUT2D eigenvalue weighted by atomic mass is 10.0. The highest BCUT2D eigenvalue weighted by Crippen LogP contribution is 2.34. The van der Waals surface area contributed by atoms with Crippen molar-refractivity contribution >= 4 is 56.9 Å². The van der Waals surface area contributed by atoms with Crippen LogP contribution in [0.25, 0.3) is 0 Å². The van der Waals surface area contributed by atoms with Gasteiger partial charge in [0.1, 0.15) is 12.7 Å². The summed E-state index contributed by atoms with van der Waals surface area (Å²) >= 11 is 5.82. The molecule has 0 aliphatic carbocycles. The topological polar surface area (TPSA) is 138 Å². The fraction of sp³-hybridized carbons (Fsp3) is 0.429. The molecular weight excluding hydrogens is 388 g/mol. The highest BCUT2D eigenvalue weighted by Gasteiger charge is 2.57. The Bertz CT molecular complexity index is 444. The number of amides is 3. The smallest absolute Gasteiger partial charge is 0.288 e. The van der Waals surface area contributed by atoms with E-state index in [4.69, 9.17) is 10.8 Å². The van der Waals surface area contributed by atoms with E-state index in [2.05, 4.69) is 52.8 Å². The third-order valence-electron chi connectivity index (χ3n) is 2.23. The lowest BCUT2D eigenvalue weighted by Gasteiger charge is -2.25. The van der Waals surface area contributed by atoms with Gasteiger partial charge in [0, 0.05) is 0 Å². The van der Waals surface area contributed by atoms with Gasteiger partial charge >= 0.3 is 6.03 Å². The number of carbonyl (C=O) groups is 2. The van der Waals surface area contributed by atoms with Crippen LogP contribution in [0.2, 0.25) is 0 Å². The second-order valence-electron chi connectivity index (χ2n) is 3.27. The Morgan fingerprint density at radius 3 is 1.89 bits per heavy atom. The van der Waals surface area contributed by atoms with Crippen LogP contribution in [0.1, 0.15) is 0 Å². The highest BCUT2D eigenvalue weighted by atomic mass is 79.9. The van der Waals surface area contributed by atoms with Gasteiger partial charge in [0.05, 0.1) is 45.4 Å². The van der Waals surface area contributed by atoms with Crippen molar-refractivity contribution in [1.82, 2.24) is 7.85 Å². The molecule has 0 saturated carbocycles. The Kier molecular flexibility index (Phi) is 5.35. The van der Waals surface area contributed by atoms with Gasteiger partial charge in [0.25, 0.3) is 5.91 Å². The summed E-state index contributed by atoms with van der Waals surface area (Å²) in [5.41, 5.74) is -1.43. The van der Waals surface area contributed by atoms with Crippen LogP contribution < -0.4 is 0 Å². The van der Waals surface area contributed by atoms with E-state index in [0.717, 1.165) is 7.85 Å². The van der Waals surface area contributed by atoms with E-state index in [9.17, 15) is 9.59 Å². The van der Waals surface area contributed by atoms with E-state index in [1.54, 1.807) is 0 Å². The van der Waals surface area contributed by atoms with Crippen LogP contribution >= 0.6 is 32.3 Å². The van der Waals surface area contributed by atoms with Gasteiger partial charge in [0.2, 0.25) is 0 Å². The molecule has 2 N–H and O–H groups in total. The number of rotatable bonds is 6. The number of halogens is 2. The average molecular weight is 396 g/mol. The Labute approximate surface area is 124 Å². The normalized spacial score (nSPS) is 23.9. The fourth-order valence-electron chi connectivity index (χ4n) is 1.32. The van der Waals surface area contributed by atoms with Gasteiger partial charge in [-0.25, -0.2) is 8.72 Å². The third kappa shape index (κ3) is 2.89. The molecule has 1 aliphatic heterocycles. The quantitative estimate of drug-likeness (QED) is 0.232. The summed E-state index contributed by atoms with van der Waals surface area (Å²) < 4.78 is 1.73. The summed E-state index contributed by atoms with van der Waals surface area (Å²) in [5.74, 6) is -0.595. The zero-order valence-electron chi connectivity index (χ0n) is 9.32. The second kappa shape index (κ2) is 6.56. The summed E-state index contributed by atoms with van der Waals surface area (Å²) in [6, 6.07) is -0.639. The standard InChI is InChI=1S/C7H8Br2N8O2/c8-16-5(18)7(1-12-14-3-10,2-13-15-4-11)17(9)6(16)19/h3-4,10-11H,1-2H2. The number of azo groups is 2. The molecule has 0 radical (unpaired) electrons. The number of hydrogen-bond acceptors (Lipinski definition) is 6. The van der Waals surface area contributed by atoms with Gasteiger partial charge in [-0.2, -0.15) is 14.2 Å². The molecule has 1 fully saturated rings. The second-order valence-corrected chi connectivity index (χ2v) is 4.69. The van der Waals surface area contributed by atoms with Crippen LogP contribution in [-0.4, -0.2) is 51.1 Å². The van der Waals surface area contributed by atoms with Crippen molar-refractivity contribution in [3.8, 4) is 0 Å². The van der Waals surface area contributed by atoms with Crippen LogP contribution in [0.4, 0.5) is 4.79 Å². The fourth-order valence-corrected chi connectivity index (χ4v) is 2.56. The van der Waals surface area contributed by atoms with Crippen molar-refractivity contribution in [3.63, 3.8) is 0 Å². The SMILES string of the molecule is N=CN=NCC1(CN=NC=N)C(=O)N(Br)C(=O)N1Br. The first-order valence-corrected chi connectivity index (χ1v) is 6.14. The minimum Gasteiger partial charge on any atom is -0.288 e. The van der Waals surface area contributed by atoms with Gasteiger partial charge in [-0.05, 0) is 0 Å². The summed E-state index contributed by atoms with van der Waals surface area (Å²) in [6.07, 6.45) is 1.41. The molecule has 102 valence electrons. The van der Waals surface area contributed by atoms with Crippen molar-refractivity contribution in [2.24, 2.45) is 20.5 Å². The number of imide groups is 1. The van der Waals surface area contributed by atoms with Crippen LogP contribution in [0.5, 0.6) is 0 Å². The van der Waals surface area contributed by atoms with E-state index in [1.165, 1.54) is 0 Å². The zero-order valence-corrected chi connectivity index (χ0v) is 12.5. The molecule has 0 spiro atoms. The summed E-state index contributed by atoms with van der Waals surface area (Å²) in [5, 5.41) is 27.4. The molecular formula is C7H8Br2N8O2. The van der Waals surface area contributed by atoms with Gasteiger partial charge in [-0.15, -0.1) is 10.2 Å². The van der Waals surface area contributed by atoms with Gasteiger partial charge < -0.3 is 0 Å². The predicted molar refractivity (Wildman–Crippen MR) is 71.7 cm³/mol. The Hall–Kier alpha value is -1.56. The van der Waals surface area contributed by atoms with E-state index in [0.29, 0.717) is 12.7 Å². The van der Waals surface area contributed by atoms with Gasteiger partial charge in [-0.1, -0.05) is 0 Å². The highest BCUT2D eigenvalue weighted by molar-refractivity contribution is 9.08. The van der Waals surface area contributed by atoms with Gasteiger partial charge in [0.15, 0.2) is 5.54 Å². The Balaban J connectivity index is 3.10. The van der Waals surface area contributed by atoms with E-state index in [-0.39, 0.29) is 13.1 Å². The first-order valence-electron chi connectivity index (χ1n) is 4.72. The molecule has 3 amide bonds. The lowest BCUT2D eigenvalue weighted by Crippen LogP contribution is -2.50. The summed E-state index contributed by atoms with van der Waals surface area (Å²) in [7, 11) is 0. The first kappa shape index (κ1) is 15.5. The average Bonchev–Trinajstić information content (AvgIpc) is 2.56. The summed E-state index contributed by atoms with van der Waals surface area (Å²) in [6.45, 7) is -0.394. The zero-order chi connectivity index (χ0) is 14.5. The molecule has 12 heteroatoms. The Morgan fingerprint density at radius 2 is 1.58 bits per heavy atom. The lowest BCUT2D eigenvalue weighted by molar-refractivity contribution is -0.127. The molecule has 0 bridgehead atoms. The minimum absolute atomic E-state index is 0.197. The molecule has 0 unspecified atom stereocenters. The molecule has 0 atom stereocenters. The summed E-state index contributed by atoms with van der Waals surface area (Å²) in [4.78, 5) is 23.8. The number of nitrogens with zero attached hydrogens (tertiary/aromatic N) is 6. The molecule has 1 rings (SSSR count). The monoisotopic (exact) mass is 394 g/mol. The van der Waals surface area contributed by atoms with Crippen molar-refractivity contribution in [3.05, 3.63) is 0 Å². The maximum Gasteiger partial charge on any atom is 0.348 e. The molecule has 0 aromatic heterocycles. The molecule has 0 aromatic carbocycles. The largest absolute Gasteiger partial charge is 0.348 e. The molecule has 19 heavy (non-hydrogen) atoms. The van der Waals surface area contributed by atoms with E-state index >= 15 is 0 Å². The van der Waals surface area contributed by atoms with Crippen molar-refractivity contribution < 1.29 is 9.59 Å². The van der Waals surface area contributed by atoms with Crippen LogP contribution in [0.3, 0.4) is 0 Å². The molecule has 1 aliphatic rings. The van der Waals surface area contributed by atoms with Crippen molar-refractivity contribution in [1.29, 1.82) is 10.8 Å². The number of hydrogen-bond donors (Lipinski definition) is 2. The van der Waals surface area contributed by atoms with Crippen LogP contribution in [-0.2, 0) is 4.79 Å². The number of urea groups is 1. The maximum absolute atomic E-state index is 12.1.